The lowest BCUT2D eigenvalue weighted by Gasteiger charge is -2.18. The Labute approximate surface area is 86.5 Å². The highest BCUT2D eigenvalue weighted by molar-refractivity contribution is 5.39. The van der Waals surface area contributed by atoms with Crippen molar-refractivity contribution in [3.63, 3.8) is 0 Å². The Morgan fingerprint density at radius 3 is 2.27 bits per heavy atom. The summed E-state index contributed by atoms with van der Waals surface area (Å²) in [5.74, 6) is -0.215. The van der Waals surface area contributed by atoms with Crippen LogP contribution in [-0.4, -0.2) is 5.11 Å². The molecule has 0 unspecified atom stereocenters. The number of benzene rings is 1. The maximum absolute atomic E-state index is 12.7. The van der Waals surface area contributed by atoms with Crippen LogP contribution in [0.1, 0.15) is 36.5 Å². The van der Waals surface area contributed by atoms with E-state index in [9.17, 15) is 13.2 Å². The topological polar surface area (TPSA) is 20.2 Å². The highest BCUT2D eigenvalue weighted by Crippen LogP contribution is 2.37. The second kappa shape index (κ2) is 4.23. The van der Waals surface area contributed by atoms with Crippen LogP contribution >= 0.6 is 0 Å². The molecule has 4 heteroatoms. The zero-order valence-electron chi connectivity index (χ0n) is 8.60. The molecule has 0 aromatic heterocycles. The molecule has 0 bridgehead atoms. The minimum absolute atomic E-state index is 0.0614. The molecule has 0 aliphatic rings. The first-order valence-corrected chi connectivity index (χ1v) is 4.67. The zero-order chi connectivity index (χ0) is 11.6. The van der Waals surface area contributed by atoms with E-state index in [1.165, 1.54) is 18.2 Å². The summed E-state index contributed by atoms with van der Waals surface area (Å²) < 4.78 is 38.2. The van der Waals surface area contributed by atoms with Gasteiger partial charge in [0, 0.05) is 0 Å². The molecule has 0 heterocycles. The summed E-state index contributed by atoms with van der Waals surface area (Å²) in [6, 6.07) is 4.29. The molecule has 0 atom stereocenters. The van der Waals surface area contributed by atoms with E-state index in [2.05, 4.69) is 0 Å². The Morgan fingerprint density at radius 2 is 1.87 bits per heavy atom. The monoisotopic (exact) mass is 218 g/mol. The smallest absolute Gasteiger partial charge is 0.392 e. The van der Waals surface area contributed by atoms with E-state index in [0.717, 1.165) is 0 Å². The van der Waals surface area contributed by atoms with Crippen molar-refractivity contribution in [1.82, 2.24) is 0 Å². The average Bonchev–Trinajstić information content (AvgIpc) is 2.15. The fourth-order valence-electron chi connectivity index (χ4n) is 1.58. The molecule has 1 rings (SSSR count). The largest absolute Gasteiger partial charge is 0.417 e. The fourth-order valence-corrected chi connectivity index (χ4v) is 1.58. The van der Waals surface area contributed by atoms with Gasteiger partial charge in [-0.2, -0.15) is 13.2 Å². The molecule has 1 aromatic carbocycles. The Balaban J connectivity index is 3.41. The van der Waals surface area contributed by atoms with Crippen molar-refractivity contribution in [3.8, 4) is 0 Å². The van der Waals surface area contributed by atoms with Gasteiger partial charge in [0.25, 0.3) is 0 Å². The lowest BCUT2D eigenvalue weighted by atomic mass is 9.93. The van der Waals surface area contributed by atoms with Gasteiger partial charge in [-0.1, -0.05) is 32.0 Å². The van der Waals surface area contributed by atoms with Crippen molar-refractivity contribution in [2.45, 2.75) is 32.5 Å². The van der Waals surface area contributed by atoms with Crippen molar-refractivity contribution < 1.29 is 18.3 Å². The summed E-state index contributed by atoms with van der Waals surface area (Å²) in [7, 11) is 0. The Hall–Kier alpha value is -1.03. The first-order valence-electron chi connectivity index (χ1n) is 4.67. The number of alkyl halides is 3. The van der Waals surface area contributed by atoms with Gasteiger partial charge in [-0.3, -0.25) is 0 Å². The summed E-state index contributed by atoms with van der Waals surface area (Å²) in [5, 5.41) is 8.89. The third kappa shape index (κ3) is 2.50. The van der Waals surface area contributed by atoms with E-state index in [4.69, 9.17) is 5.11 Å². The predicted octanol–water partition coefficient (Wildman–Crippen LogP) is 3.32. The summed E-state index contributed by atoms with van der Waals surface area (Å²) in [6.45, 7) is 2.81. The molecule has 0 radical (unpaired) electrons. The average molecular weight is 218 g/mol. The lowest BCUT2D eigenvalue weighted by Crippen LogP contribution is -2.13. The van der Waals surface area contributed by atoms with E-state index in [1.807, 2.05) is 0 Å². The second-order valence-electron chi connectivity index (χ2n) is 3.69. The molecule has 0 fully saturated rings. The van der Waals surface area contributed by atoms with E-state index in [1.54, 1.807) is 13.8 Å². The summed E-state index contributed by atoms with van der Waals surface area (Å²) >= 11 is 0. The van der Waals surface area contributed by atoms with Crippen LogP contribution in [0.3, 0.4) is 0 Å². The molecule has 0 amide bonds. The molecular weight excluding hydrogens is 205 g/mol. The molecule has 1 nitrogen and oxygen atoms in total. The van der Waals surface area contributed by atoms with Crippen molar-refractivity contribution in [2.75, 3.05) is 0 Å². The van der Waals surface area contributed by atoms with Crippen molar-refractivity contribution >= 4 is 0 Å². The molecule has 0 aliphatic heterocycles. The Bertz CT molecular complexity index is 342. The van der Waals surface area contributed by atoms with Gasteiger partial charge in [-0.15, -0.1) is 0 Å². The van der Waals surface area contributed by atoms with Gasteiger partial charge in [0.2, 0.25) is 0 Å². The number of aliphatic hydroxyl groups excluding tert-OH is 1. The number of hydrogen-bond acceptors (Lipinski definition) is 1. The summed E-state index contributed by atoms with van der Waals surface area (Å²) in [6.07, 6.45) is -4.40. The van der Waals surface area contributed by atoms with Crippen molar-refractivity contribution in [3.05, 3.63) is 34.9 Å². The minimum atomic E-state index is -4.40. The van der Waals surface area contributed by atoms with Crippen LogP contribution < -0.4 is 0 Å². The fraction of sp³-hybridized carbons (Fsp3) is 0.455. The van der Waals surface area contributed by atoms with Crippen LogP contribution in [0.15, 0.2) is 18.2 Å². The SMILES string of the molecule is CC(C)c1cccc(CO)c1C(F)(F)F. The summed E-state index contributed by atoms with van der Waals surface area (Å²) in [4.78, 5) is 0. The molecule has 0 saturated heterocycles. The number of halogens is 3. The molecule has 1 N–H and O–H groups in total. The Morgan fingerprint density at radius 1 is 1.27 bits per heavy atom. The highest BCUT2D eigenvalue weighted by atomic mass is 19.4. The molecular formula is C11H13F3O. The lowest BCUT2D eigenvalue weighted by molar-refractivity contribution is -0.139. The maximum Gasteiger partial charge on any atom is 0.417 e. The van der Waals surface area contributed by atoms with Crippen molar-refractivity contribution in [1.29, 1.82) is 0 Å². The van der Waals surface area contributed by atoms with Crippen LogP contribution in [-0.2, 0) is 12.8 Å². The molecule has 15 heavy (non-hydrogen) atoms. The van der Waals surface area contributed by atoms with Crippen LogP contribution in [0.4, 0.5) is 13.2 Å². The van der Waals surface area contributed by atoms with E-state index < -0.39 is 18.3 Å². The summed E-state index contributed by atoms with van der Waals surface area (Å²) in [5.41, 5.74) is -0.523. The van der Waals surface area contributed by atoms with Gasteiger partial charge in [0.05, 0.1) is 12.2 Å². The van der Waals surface area contributed by atoms with Gasteiger partial charge in [0.15, 0.2) is 0 Å². The second-order valence-corrected chi connectivity index (χ2v) is 3.69. The molecule has 84 valence electrons. The molecule has 0 aliphatic carbocycles. The normalized spacial score (nSPS) is 12.2. The van der Waals surface area contributed by atoms with Crippen LogP contribution in [0.25, 0.3) is 0 Å². The van der Waals surface area contributed by atoms with Gasteiger partial charge < -0.3 is 5.11 Å². The predicted molar refractivity (Wildman–Crippen MR) is 51.5 cm³/mol. The number of rotatable bonds is 2. The van der Waals surface area contributed by atoms with Gasteiger partial charge in [-0.25, -0.2) is 0 Å². The quantitative estimate of drug-likeness (QED) is 0.807. The number of hydrogen-bond donors (Lipinski definition) is 1. The van der Waals surface area contributed by atoms with Gasteiger partial charge >= 0.3 is 6.18 Å². The molecule has 0 spiro atoms. The van der Waals surface area contributed by atoms with E-state index in [0.29, 0.717) is 0 Å². The highest BCUT2D eigenvalue weighted by Gasteiger charge is 2.36. The third-order valence-electron chi connectivity index (χ3n) is 2.26. The Kier molecular flexibility index (Phi) is 3.39. The molecule has 0 saturated carbocycles. The maximum atomic E-state index is 12.7. The molecule has 1 aromatic rings. The van der Waals surface area contributed by atoms with Crippen LogP contribution in [0, 0.1) is 0 Å². The standard InChI is InChI=1S/C11H13F3O/c1-7(2)9-5-3-4-8(6-15)10(9)11(12,13)14/h3-5,7,15H,6H2,1-2H3. The van der Waals surface area contributed by atoms with E-state index in [-0.39, 0.29) is 17.0 Å². The number of aliphatic hydroxyl groups is 1. The first kappa shape index (κ1) is 12.0. The van der Waals surface area contributed by atoms with Crippen molar-refractivity contribution in [2.24, 2.45) is 0 Å². The van der Waals surface area contributed by atoms with Gasteiger partial charge in [-0.05, 0) is 17.0 Å². The first-order chi connectivity index (χ1) is 6.88. The zero-order valence-corrected chi connectivity index (χ0v) is 8.60. The minimum Gasteiger partial charge on any atom is -0.392 e. The van der Waals surface area contributed by atoms with E-state index >= 15 is 0 Å². The van der Waals surface area contributed by atoms with Gasteiger partial charge in [0.1, 0.15) is 0 Å². The van der Waals surface area contributed by atoms with Crippen LogP contribution in [0.2, 0.25) is 0 Å². The third-order valence-corrected chi connectivity index (χ3v) is 2.26. The van der Waals surface area contributed by atoms with Crippen LogP contribution in [0.5, 0.6) is 0 Å².